The molecule has 1 saturated heterocycles. The highest BCUT2D eigenvalue weighted by atomic mass is 35.5. The monoisotopic (exact) mass is 259 g/mol. The van der Waals surface area contributed by atoms with Gasteiger partial charge in [0.05, 0.1) is 6.54 Å². The van der Waals surface area contributed by atoms with E-state index in [9.17, 15) is 4.79 Å². The number of halogens is 2. The molecule has 0 bridgehead atoms. The lowest BCUT2D eigenvalue weighted by Crippen LogP contribution is -2.29. The quantitative estimate of drug-likeness (QED) is 0.765. The van der Waals surface area contributed by atoms with Crippen LogP contribution in [0.5, 0.6) is 0 Å². The first-order chi connectivity index (χ1) is 7.58. The van der Waals surface area contributed by atoms with E-state index in [1.54, 1.807) is 29.0 Å². The van der Waals surface area contributed by atoms with Gasteiger partial charge in [-0.25, -0.2) is 9.78 Å². The number of carbonyl (C=O) groups excluding carboxylic acids is 1. The van der Waals surface area contributed by atoms with Crippen LogP contribution in [0.4, 0.5) is 4.79 Å². The lowest BCUT2D eigenvalue weighted by atomic mass is 10.3. The summed E-state index contributed by atoms with van der Waals surface area (Å²) in [5.74, 6) is 0. The first-order valence-corrected chi connectivity index (χ1v) is 5.64. The highest BCUT2D eigenvalue weighted by Gasteiger charge is 2.25. The van der Waals surface area contributed by atoms with Gasteiger partial charge in [-0.3, -0.25) is 0 Å². The summed E-state index contributed by atoms with van der Waals surface area (Å²) >= 11 is 11.6. The van der Waals surface area contributed by atoms with Gasteiger partial charge >= 0.3 is 6.03 Å². The van der Waals surface area contributed by atoms with E-state index in [1.807, 2.05) is 0 Å². The van der Waals surface area contributed by atoms with Crippen LogP contribution in [0.1, 0.15) is 5.56 Å². The lowest BCUT2D eigenvalue weighted by Gasteiger charge is -2.16. The number of pyridine rings is 1. The van der Waals surface area contributed by atoms with E-state index < -0.39 is 0 Å². The fraction of sp³-hybridized carbons (Fsp3) is 0.400. The van der Waals surface area contributed by atoms with Crippen LogP contribution in [0.15, 0.2) is 12.1 Å². The smallest absolute Gasteiger partial charge is 0.320 e. The van der Waals surface area contributed by atoms with Crippen LogP contribution in [-0.2, 0) is 6.54 Å². The van der Waals surface area contributed by atoms with Crippen LogP contribution in [0.2, 0.25) is 10.3 Å². The van der Waals surface area contributed by atoms with Crippen molar-refractivity contribution < 1.29 is 4.79 Å². The molecule has 1 aromatic heterocycles. The van der Waals surface area contributed by atoms with Crippen molar-refractivity contribution in [1.82, 2.24) is 14.8 Å². The minimum atomic E-state index is 0.0195. The molecule has 0 aliphatic carbocycles. The molecule has 86 valence electrons. The average molecular weight is 260 g/mol. The molecular formula is C10H11Cl2N3O. The minimum absolute atomic E-state index is 0.0195. The summed E-state index contributed by atoms with van der Waals surface area (Å²) in [6, 6.07) is 3.49. The van der Waals surface area contributed by atoms with E-state index in [0.717, 1.165) is 12.1 Å². The number of aromatic nitrogens is 1. The maximum atomic E-state index is 11.7. The Kier molecular flexibility index (Phi) is 3.21. The third kappa shape index (κ3) is 2.23. The first-order valence-electron chi connectivity index (χ1n) is 4.89. The predicted octanol–water partition coefficient (Wildman–Crippen LogP) is 2.26. The van der Waals surface area contributed by atoms with Crippen molar-refractivity contribution in [2.24, 2.45) is 0 Å². The molecule has 2 amide bonds. The van der Waals surface area contributed by atoms with Gasteiger partial charge in [0.25, 0.3) is 0 Å². The Hall–Kier alpha value is -1.00. The van der Waals surface area contributed by atoms with Crippen LogP contribution in [0, 0.1) is 0 Å². The third-order valence-corrected chi connectivity index (χ3v) is 3.09. The van der Waals surface area contributed by atoms with E-state index >= 15 is 0 Å². The number of carbonyl (C=O) groups is 1. The number of hydrogen-bond acceptors (Lipinski definition) is 2. The van der Waals surface area contributed by atoms with Crippen molar-refractivity contribution in [2.45, 2.75) is 6.54 Å². The Labute approximate surface area is 104 Å². The molecule has 6 heteroatoms. The van der Waals surface area contributed by atoms with Gasteiger partial charge in [-0.05, 0) is 6.07 Å². The standard InChI is InChI=1S/C10H11Cl2N3O/c1-14-4-5-15(10(14)16)6-7-2-3-8(11)13-9(7)12/h2-3H,4-6H2,1H3. The zero-order valence-electron chi connectivity index (χ0n) is 8.78. The second-order valence-corrected chi connectivity index (χ2v) is 4.45. The molecule has 1 aromatic rings. The second kappa shape index (κ2) is 4.47. The summed E-state index contributed by atoms with van der Waals surface area (Å²) in [7, 11) is 1.78. The molecule has 0 saturated carbocycles. The zero-order chi connectivity index (χ0) is 11.7. The normalized spacial score (nSPS) is 16.1. The summed E-state index contributed by atoms with van der Waals surface area (Å²) in [4.78, 5) is 19.0. The third-order valence-electron chi connectivity index (χ3n) is 2.56. The first kappa shape index (κ1) is 11.5. The van der Waals surface area contributed by atoms with Gasteiger partial charge in [0, 0.05) is 25.7 Å². The molecule has 2 rings (SSSR count). The molecule has 1 fully saturated rings. The molecule has 0 atom stereocenters. The van der Waals surface area contributed by atoms with E-state index in [2.05, 4.69) is 4.98 Å². The van der Waals surface area contributed by atoms with E-state index in [1.165, 1.54) is 0 Å². The predicted molar refractivity (Wildman–Crippen MR) is 62.7 cm³/mol. The second-order valence-electron chi connectivity index (χ2n) is 3.71. The van der Waals surface area contributed by atoms with Crippen molar-refractivity contribution in [1.29, 1.82) is 0 Å². The molecule has 4 nitrogen and oxygen atoms in total. The zero-order valence-corrected chi connectivity index (χ0v) is 10.3. The molecule has 0 aromatic carbocycles. The van der Waals surface area contributed by atoms with Crippen molar-refractivity contribution in [3.8, 4) is 0 Å². The Balaban J connectivity index is 2.12. The number of hydrogen-bond donors (Lipinski definition) is 0. The van der Waals surface area contributed by atoms with Gasteiger partial charge < -0.3 is 9.80 Å². The molecule has 0 N–H and O–H groups in total. The van der Waals surface area contributed by atoms with Crippen molar-refractivity contribution >= 4 is 29.2 Å². The summed E-state index contributed by atoms with van der Waals surface area (Å²) < 4.78 is 0. The number of nitrogens with zero attached hydrogens (tertiary/aromatic N) is 3. The van der Waals surface area contributed by atoms with Crippen LogP contribution in [0.25, 0.3) is 0 Å². The molecular weight excluding hydrogens is 249 g/mol. The van der Waals surface area contributed by atoms with Gasteiger partial charge in [-0.15, -0.1) is 0 Å². The van der Waals surface area contributed by atoms with Crippen LogP contribution in [0.3, 0.4) is 0 Å². The summed E-state index contributed by atoms with van der Waals surface area (Å²) in [5, 5.41) is 0.716. The largest absolute Gasteiger partial charge is 0.326 e. The topological polar surface area (TPSA) is 36.4 Å². The molecule has 16 heavy (non-hydrogen) atoms. The van der Waals surface area contributed by atoms with Gasteiger partial charge in [0.15, 0.2) is 0 Å². The molecule has 0 spiro atoms. The number of urea groups is 1. The van der Waals surface area contributed by atoms with Crippen molar-refractivity contribution in [2.75, 3.05) is 20.1 Å². The highest BCUT2D eigenvalue weighted by Crippen LogP contribution is 2.20. The molecule has 0 radical (unpaired) electrons. The maximum absolute atomic E-state index is 11.7. The number of amides is 2. The van der Waals surface area contributed by atoms with Crippen LogP contribution < -0.4 is 0 Å². The van der Waals surface area contributed by atoms with Gasteiger partial charge in [0.2, 0.25) is 0 Å². The Morgan fingerprint density at radius 2 is 2.12 bits per heavy atom. The lowest BCUT2D eigenvalue weighted by molar-refractivity contribution is 0.197. The van der Waals surface area contributed by atoms with Crippen LogP contribution >= 0.6 is 23.2 Å². The summed E-state index contributed by atoms with van der Waals surface area (Å²) in [6.07, 6.45) is 0. The molecule has 0 unspecified atom stereocenters. The minimum Gasteiger partial charge on any atom is -0.326 e. The van der Waals surface area contributed by atoms with Gasteiger partial charge in [-0.2, -0.15) is 0 Å². The van der Waals surface area contributed by atoms with Crippen molar-refractivity contribution in [3.05, 3.63) is 28.0 Å². The summed E-state index contributed by atoms with van der Waals surface area (Å²) in [5.41, 5.74) is 0.815. The Morgan fingerprint density at radius 3 is 2.69 bits per heavy atom. The molecule has 1 aliphatic heterocycles. The summed E-state index contributed by atoms with van der Waals surface area (Å²) in [6.45, 7) is 1.94. The number of rotatable bonds is 2. The highest BCUT2D eigenvalue weighted by molar-refractivity contribution is 6.32. The van der Waals surface area contributed by atoms with E-state index in [4.69, 9.17) is 23.2 Å². The Bertz CT molecular complexity index is 425. The fourth-order valence-electron chi connectivity index (χ4n) is 1.61. The SMILES string of the molecule is CN1CCN(Cc2ccc(Cl)nc2Cl)C1=O. The van der Waals surface area contributed by atoms with Crippen molar-refractivity contribution in [3.63, 3.8) is 0 Å². The Morgan fingerprint density at radius 1 is 1.38 bits per heavy atom. The fourth-order valence-corrected chi connectivity index (χ4v) is 2.02. The van der Waals surface area contributed by atoms with Gasteiger partial charge in [-0.1, -0.05) is 29.3 Å². The van der Waals surface area contributed by atoms with E-state index in [0.29, 0.717) is 23.4 Å². The van der Waals surface area contributed by atoms with Crippen LogP contribution in [-0.4, -0.2) is 41.0 Å². The molecule has 2 heterocycles. The van der Waals surface area contributed by atoms with Gasteiger partial charge in [0.1, 0.15) is 10.3 Å². The molecule has 1 aliphatic rings. The maximum Gasteiger partial charge on any atom is 0.320 e. The number of likely N-dealkylation sites (N-methyl/N-ethyl adjacent to an activating group) is 1. The average Bonchev–Trinajstić information content (AvgIpc) is 2.54. The van der Waals surface area contributed by atoms with E-state index in [-0.39, 0.29) is 6.03 Å².